The Bertz CT molecular complexity index is 538. The zero-order valence-electron chi connectivity index (χ0n) is 9.47. The van der Waals surface area contributed by atoms with Crippen molar-refractivity contribution in [1.29, 1.82) is 0 Å². The highest BCUT2D eigenvalue weighted by molar-refractivity contribution is 6.04. The minimum atomic E-state index is -0.166. The Morgan fingerprint density at radius 1 is 1.24 bits per heavy atom. The summed E-state index contributed by atoms with van der Waals surface area (Å²) in [4.78, 5) is 15.8. The number of rotatable bonds is 2. The molecule has 0 unspecified atom stereocenters. The lowest BCUT2D eigenvalue weighted by Gasteiger charge is -2.09. The van der Waals surface area contributed by atoms with Crippen LogP contribution in [0.25, 0.3) is 0 Å². The Balaban J connectivity index is 2.22. The molecule has 4 heteroatoms. The molecule has 0 atom stereocenters. The molecule has 86 valence electrons. The fraction of sp³-hybridized carbons (Fsp3) is 0.0769. The Labute approximate surface area is 99.5 Å². The van der Waals surface area contributed by atoms with Crippen molar-refractivity contribution < 1.29 is 4.79 Å². The topological polar surface area (TPSA) is 68.0 Å². The number of nitrogen functional groups attached to an aromatic ring is 1. The highest BCUT2D eigenvalue weighted by Gasteiger charge is 2.07. The van der Waals surface area contributed by atoms with Crippen LogP contribution in [0, 0.1) is 6.92 Å². The number of pyridine rings is 1. The van der Waals surface area contributed by atoms with Crippen molar-refractivity contribution in [2.75, 3.05) is 11.1 Å². The molecule has 2 aromatic rings. The molecular formula is C13H13N3O. The first-order chi connectivity index (χ1) is 8.18. The van der Waals surface area contributed by atoms with Gasteiger partial charge in [-0.2, -0.15) is 0 Å². The molecule has 2 rings (SSSR count). The van der Waals surface area contributed by atoms with Crippen LogP contribution in [0.15, 0.2) is 42.7 Å². The number of hydrogen-bond acceptors (Lipinski definition) is 3. The van der Waals surface area contributed by atoms with E-state index in [0.717, 1.165) is 11.3 Å². The second kappa shape index (κ2) is 4.65. The van der Waals surface area contributed by atoms with E-state index in [4.69, 9.17) is 5.73 Å². The predicted octanol–water partition coefficient (Wildman–Crippen LogP) is 2.22. The summed E-state index contributed by atoms with van der Waals surface area (Å²) >= 11 is 0. The average Bonchev–Trinajstić information content (AvgIpc) is 2.36. The van der Waals surface area contributed by atoms with E-state index < -0.39 is 0 Å². The van der Waals surface area contributed by atoms with Gasteiger partial charge in [0, 0.05) is 29.3 Å². The van der Waals surface area contributed by atoms with Gasteiger partial charge in [0.15, 0.2) is 0 Å². The van der Waals surface area contributed by atoms with Gasteiger partial charge in [-0.3, -0.25) is 9.78 Å². The van der Waals surface area contributed by atoms with Crippen LogP contribution < -0.4 is 11.1 Å². The second-order valence-electron chi connectivity index (χ2n) is 3.71. The van der Waals surface area contributed by atoms with Crippen molar-refractivity contribution in [3.05, 3.63) is 53.9 Å². The monoisotopic (exact) mass is 227 g/mol. The molecule has 17 heavy (non-hydrogen) atoms. The van der Waals surface area contributed by atoms with Crippen molar-refractivity contribution in [3.8, 4) is 0 Å². The Morgan fingerprint density at radius 3 is 2.65 bits per heavy atom. The molecule has 3 N–H and O–H groups in total. The Hall–Kier alpha value is -2.36. The van der Waals surface area contributed by atoms with Crippen molar-refractivity contribution in [1.82, 2.24) is 4.98 Å². The molecule has 0 radical (unpaired) electrons. The molecule has 1 heterocycles. The maximum absolute atomic E-state index is 11.9. The predicted molar refractivity (Wildman–Crippen MR) is 67.8 cm³/mol. The number of carbonyl (C=O) groups excluding carboxylic acids is 1. The standard InChI is InChI=1S/C13H13N3O/c1-9-11(14)3-2-4-12(9)16-13(17)10-5-7-15-8-6-10/h2-8H,14H2,1H3,(H,16,17). The molecule has 0 aliphatic carbocycles. The third kappa shape index (κ3) is 2.42. The summed E-state index contributed by atoms with van der Waals surface area (Å²) in [5.41, 5.74) is 8.61. The lowest BCUT2D eigenvalue weighted by Crippen LogP contribution is -2.13. The van der Waals surface area contributed by atoms with Gasteiger partial charge in [-0.05, 0) is 36.8 Å². The molecule has 1 amide bonds. The first-order valence-electron chi connectivity index (χ1n) is 5.25. The van der Waals surface area contributed by atoms with Gasteiger partial charge in [0.25, 0.3) is 5.91 Å². The number of hydrogen-bond donors (Lipinski definition) is 2. The summed E-state index contributed by atoms with van der Waals surface area (Å²) in [5.74, 6) is -0.166. The van der Waals surface area contributed by atoms with Crippen LogP contribution in [0.4, 0.5) is 11.4 Å². The van der Waals surface area contributed by atoms with Crippen LogP contribution in [0.3, 0.4) is 0 Å². The van der Waals surface area contributed by atoms with Crippen LogP contribution in [0.2, 0.25) is 0 Å². The summed E-state index contributed by atoms with van der Waals surface area (Å²) in [7, 11) is 0. The number of amides is 1. The van der Waals surface area contributed by atoms with E-state index in [9.17, 15) is 4.79 Å². The van der Waals surface area contributed by atoms with Gasteiger partial charge >= 0.3 is 0 Å². The first kappa shape index (κ1) is 11.1. The van der Waals surface area contributed by atoms with Gasteiger partial charge in [0.1, 0.15) is 0 Å². The number of carbonyl (C=O) groups is 1. The molecule has 0 spiro atoms. The van der Waals surface area contributed by atoms with E-state index in [2.05, 4.69) is 10.3 Å². The number of aromatic nitrogens is 1. The van der Waals surface area contributed by atoms with Crippen molar-refractivity contribution in [2.24, 2.45) is 0 Å². The summed E-state index contributed by atoms with van der Waals surface area (Å²) < 4.78 is 0. The normalized spacial score (nSPS) is 9.94. The van der Waals surface area contributed by atoms with Gasteiger partial charge in [-0.1, -0.05) is 6.07 Å². The first-order valence-corrected chi connectivity index (χ1v) is 5.25. The average molecular weight is 227 g/mol. The molecule has 0 saturated carbocycles. The zero-order valence-corrected chi connectivity index (χ0v) is 9.47. The number of nitrogens with two attached hydrogens (primary N) is 1. The molecule has 1 aromatic carbocycles. The van der Waals surface area contributed by atoms with Gasteiger partial charge in [-0.15, -0.1) is 0 Å². The number of anilines is 2. The maximum Gasteiger partial charge on any atom is 0.255 e. The minimum Gasteiger partial charge on any atom is -0.398 e. The van der Waals surface area contributed by atoms with Crippen molar-refractivity contribution in [2.45, 2.75) is 6.92 Å². The highest BCUT2D eigenvalue weighted by Crippen LogP contribution is 2.20. The van der Waals surface area contributed by atoms with E-state index in [0.29, 0.717) is 11.3 Å². The van der Waals surface area contributed by atoms with E-state index in [-0.39, 0.29) is 5.91 Å². The van der Waals surface area contributed by atoms with Crippen LogP contribution in [0.1, 0.15) is 15.9 Å². The lowest BCUT2D eigenvalue weighted by molar-refractivity contribution is 0.102. The number of benzene rings is 1. The third-order valence-electron chi connectivity index (χ3n) is 2.57. The molecule has 0 saturated heterocycles. The molecular weight excluding hydrogens is 214 g/mol. The summed E-state index contributed by atoms with van der Waals surface area (Å²) in [6.07, 6.45) is 3.17. The van der Waals surface area contributed by atoms with Crippen molar-refractivity contribution >= 4 is 17.3 Å². The van der Waals surface area contributed by atoms with Crippen molar-refractivity contribution in [3.63, 3.8) is 0 Å². The number of nitrogens with zero attached hydrogens (tertiary/aromatic N) is 1. The highest BCUT2D eigenvalue weighted by atomic mass is 16.1. The molecule has 0 aliphatic heterocycles. The van der Waals surface area contributed by atoms with Crippen LogP contribution >= 0.6 is 0 Å². The van der Waals surface area contributed by atoms with Gasteiger partial charge in [0.05, 0.1) is 0 Å². The second-order valence-corrected chi connectivity index (χ2v) is 3.71. The van der Waals surface area contributed by atoms with Gasteiger partial charge in [0.2, 0.25) is 0 Å². The molecule has 0 bridgehead atoms. The summed E-state index contributed by atoms with van der Waals surface area (Å²) in [6.45, 7) is 1.87. The SMILES string of the molecule is Cc1c(N)cccc1NC(=O)c1ccncc1. The summed E-state index contributed by atoms with van der Waals surface area (Å²) in [6, 6.07) is 8.76. The molecule has 1 aromatic heterocycles. The van der Waals surface area contributed by atoms with Crippen LogP contribution in [-0.2, 0) is 0 Å². The quantitative estimate of drug-likeness (QED) is 0.773. The van der Waals surface area contributed by atoms with E-state index in [1.165, 1.54) is 0 Å². The Kier molecular flexibility index (Phi) is 3.05. The largest absolute Gasteiger partial charge is 0.398 e. The minimum absolute atomic E-state index is 0.166. The van der Waals surface area contributed by atoms with Gasteiger partial charge in [-0.25, -0.2) is 0 Å². The molecule has 4 nitrogen and oxygen atoms in total. The third-order valence-corrected chi connectivity index (χ3v) is 2.57. The smallest absolute Gasteiger partial charge is 0.255 e. The Morgan fingerprint density at radius 2 is 1.94 bits per heavy atom. The lowest BCUT2D eigenvalue weighted by atomic mass is 10.1. The summed E-state index contributed by atoms with van der Waals surface area (Å²) in [5, 5.41) is 2.82. The maximum atomic E-state index is 11.9. The van der Waals surface area contributed by atoms with E-state index >= 15 is 0 Å². The van der Waals surface area contributed by atoms with Crippen LogP contribution in [-0.4, -0.2) is 10.9 Å². The van der Waals surface area contributed by atoms with E-state index in [1.807, 2.05) is 19.1 Å². The molecule has 0 fully saturated rings. The number of nitrogens with one attached hydrogen (secondary N) is 1. The van der Waals surface area contributed by atoms with Crippen LogP contribution in [0.5, 0.6) is 0 Å². The fourth-order valence-electron chi connectivity index (χ4n) is 1.49. The van der Waals surface area contributed by atoms with E-state index in [1.54, 1.807) is 30.6 Å². The van der Waals surface area contributed by atoms with Gasteiger partial charge < -0.3 is 11.1 Å². The fourth-order valence-corrected chi connectivity index (χ4v) is 1.49. The molecule has 0 aliphatic rings. The zero-order chi connectivity index (χ0) is 12.3.